The van der Waals surface area contributed by atoms with Crippen LogP contribution >= 0.6 is 11.6 Å². The minimum absolute atomic E-state index is 0.116. The van der Waals surface area contributed by atoms with Crippen molar-refractivity contribution in [2.24, 2.45) is 0 Å². The lowest BCUT2D eigenvalue weighted by Crippen LogP contribution is -2.24. The Morgan fingerprint density at radius 1 is 1.26 bits per heavy atom. The molecule has 1 amide bonds. The van der Waals surface area contributed by atoms with E-state index in [1.165, 1.54) is 5.56 Å². The van der Waals surface area contributed by atoms with Crippen LogP contribution in [0.1, 0.15) is 40.1 Å². The molecule has 1 atom stereocenters. The number of aromatic nitrogens is 2. The van der Waals surface area contributed by atoms with Gasteiger partial charge in [0.25, 0.3) is 5.91 Å². The van der Waals surface area contributed by atoms with Gasteiger partial charge in [-0.25, -0.2) is 4.68 Å². The molecule has 5 nitrogen and oxygen atoms in total. The van der Waals surface area contributed by atoms with E-state index in [1.807, 2.05) is 54.1 Å². The molecule has 1 aliphatic rings. The van der Waals surface area contributed by atoms with Crippen molar-refractivity contribution >= 4 is 23.3 Å². The van der Waals surface area contributed by atoms with Gasteiger partial charge in [-0.15, -0.1) is 0 Å². The van der Waals surface area contributed by atoms with Gasteiger partial charge in [0.2, 0.25) is 0 Å². The van der Waals surface area contributed by atoms with Crippen LogP contribution in [0.3, 0.4) is 0 Å². The van der Waals surface area contributed by atoms with Crippen molar-refractivity contribution in [1.82, 2.24) is 15.1 Å². The van der Waals surface area contributed by atoms with Crippen molar-refractivity contribution in [1.29, 1.82) is 0 Å². The number of halogens is 1. The molecule has 0 radical (unpaired) electrons. The Labute approximate surface area is 163 Å². The predicted molar refractivity (Wildman–Crippen MR) is 107 cm³/mol. The van der Waals surface area contributed by atoms with Crippen LogP contribution in [0.15, 0.2) is 54.6 Å². The molecule has 1 aromatic heterocycles. The van der Waals surface area contributed by atoms with E-state index in [4.69, 9.17) is 11.6 Å². The summed E-state index contributed by atoms with van der Waals surface area (Å²) in [6.07, 6.45) is 0.706. The van der Waals surface area contributed by atoms with Crippen LogP contribution in [0.25, 0.3) is 0 Å². The molecule has 0 aliphatic carbocycles. The zero-order valence-electron chi connectivity index (χ0n) is 15.1. The smallest absolute Gasteiger partial charge is 0.257 e. The highest BCUT2D eigenvalue weighted by Crippen LogP contribution is 2.33. The van der Waals surface area contributed by atoms with Crippen LogP contribution in [0.2, 0.25) is 5.02 Å². The van der Waals surface area contributed by atoms with Crippen LogP contribution in [0.5, 0.6) is 0 Å². The molecule has 1 aliphatic heterocycles. The monoisotopic (exact) mass is 380 g/mol. The largest absolute Gasteiger partial charge is 0.361 e. The Balaban J connectivity index is 1.54. The third kappa shape index (κ3) is 3.55. The first-order chi connectivity index (χ1) is 13.2. The van der Waals surface area contributed by atoms with Gasteiger partial charge in [0.15, 0.2) is 0 Å². The number of benzene rings is 2. The normalized spacial score (nSPS) is 15.3. The van der Waals surface area contributed by atoms with Gasteiger partial charge in [0.05, 0.1) is 18.3 Å². The van der Waals surface area contributed by atoms with E-state index < -0.39 is 0 Å². The second kappa shape index (κ2) is 7.45. The number of fused-ring (bicyclic) bond motifs is 1. The number of nitrogens with one attached hydrogen (secondary N) is 2. The summed E-state index contributed by atoms with van der Waals surface area (Å²) in [6, 6.07) is 17.8. The zero-order chi connectivity index (χ0) is 18.8. The number of aryl methyl sites for hydroxylation is 1. The Morgan fingerprint density at radius 2 is 2.07 bits per heavy atom. The fourth-order valence-electron chi connectivity index (χ4n) is 3.45. The molecule has 1 unspecified atom stereocenters. The average molecular weight is 381 g/mol. The van der Waals surface area contributed by atoms with E-state index >= 15 is 0 Å². The summed E-state index contributed by atoms with van der Waals surface area (Å²) in [7, 11) is 0. The van der Waals surface area contributed by atoms with Crippen LogP contribution in [0, 0.1) is 0 Å². The van der Waals surface area contributed by atoms with E-state index in [2.05, 4.69) is 27.9 Å². The number of carbonyl (C=O) groups is 1. The van der Waals surface area contributed by atoms with Crippen molar-refractivity contribution in [3.63, 3.8) is 0 Å². The molecule has 0 bridgehead atoms. The third-order valence-electron chi connectivity index (χ3n) is 4.80. The SMILES string of the molecule is CCc1nn2c(c1C(=O)NCc1cccc(Cl)c1)NC(c1ccccc1)C2. The highest BCUT2D eigenvalue weighted by atomic mass is 35.5. The summed E-state index contributed by atoms with van der Waals surface area (Å²) in [5.41, 5.74) is 3.60. The van der Waals surface area contributed by atoms with Gasteiger partial charge in [-0.2, -0.15) is 5.10 Å². The summed E-state index contributed by atoms with van der Waals surface area (Å²) in [6.45, 7) is 3.16. The number of nitrogens with zero attached hydrogens (tertiary/aromatic N) is 2. The molecule has 2 aromatic carbocycles. The molecular formula is C21H21ClN4O. The van der Waals surface area contributed by atoms with Crippen molar-refractivity contribution in [2.75, 3.05) is 5.32 Å². The maximum Gasteiger partial charge on any atom is 0.257 e. The predicted octanol–water partition coefficient (Wildman–Crippen LogP) is 4.20. The molecule has 3 aromatic rings. The first-order valence-corrected chi connectivity index (χ1v) is 9.47. The number of amides is 1. The minimum atomic E-state index is -0.116. The van der Waals surface area contributed by atoms with E-state index in [1.54, 1.807) is 0 Å². The van der Waals surface area contributed by atoms with Crippen molar-refractivity contribution in [2.45, 2.75) is 32.5 Å². The van der Waals surface area contributed by atoms with Crippen LogP contribution < -0.4 is 10.6 Å². The van der Waals surface area contributed by atoms with E-state index in [-0.39, 0.29) is 11.9 Å². The highest BCUT2D eigenvalue weighted by molar-refractivity contribution is 6.30. The Kier molecular flexibility index (Phi) is 4.86. The first kappa shape index (κ1) is 17.6. The van der Waals surface area contributed by atoms with Gasteiger partial charge in [-0.3, -0.25) is 4.79 Å². The second-order valence-corrected chi connectivity index (χ2v) is 7.06. The lowest BCUT2D eigenvalue weighted by Gasteiger charge is -2.12. The summed E-state index contributed by atoms with van der Waals surface area (Å²) >= 11 is 6.02. The standard InChI is InChI=1S/C21H21ClN4O/c1-2-17-19(21(27)23-12-14-7-6-10-16(22)11-14)20-24-18(13-26(20)25-17)15-8-4-3-5-9-15/h3-11,18,24H,2,12-13H2,1H3,(H,23,27). The van der Waals surface area contributed by atoms with Gasteiger partial charge < -0.3 is 10.6 Å². The number of hydrogen-bond acceptors (Lipinski definition) is 3. The lowest BCUT2D eigenvalue weighted by atomic mass is 10.1. The second-order valence-electron chi connectivity index (χ2n) is 6.63. The number of carbonyl (C=O) groups excluding carboxylic acids is 1. The fraction of sp³-hybridized carbons (Fsp3) is 0.238. The van der Waals surface area contributed by atoms with Gasteiger partial charge in [0, 0.05) is 11.6 Å². The average Bonchev–Trinajstić information content (AvgIpc) is 3.24. The Morgan fingerprint density at radius 3 is 2.81 bits per heavy atom. The lowest BCUT2D eigenvalue weighted by molar-refractivity contribution is 0.0951. The number of hydrogen-bond donors (Lipinski definition) is 2. The summed E-state index contributed by atoms with van der Waals surface area (Å²) < 4.78 is 1.91. The quantitative estimate of drug-likeness (QED) is 0.697. The van der Waals surface area contributed by atoms with E-state index in [9.17, 15) is 4.79 Å². The molecule has 2 N–H and O–H groups in total. The molecule has 0 saturated carbocycles. The molecule has 6 heteroatoms. The van der Waals surface area contributed by atoms with Gasteiger partial charge in [-0.05, 0) is 29.7 Å². The van der Waals surface area contributed by atoms with E-state index in [0.717, 1.165) is 17.1 Å². The van der Waals surface area contributed by atoms with Crippen LogP contribution in [-0.2, 0) is 19.5 Å². The summed E-state index contributed by atoms with van der Waals surface area (Å²) in [5, 5.41) is 11.8. The summed E-state index contributed by atoms with van der Waals surface area (Å²) in [5.74, 6) is 0.679. The first-order valence-electron chi connectivity index (χ1n) is 9.09. The molecule has 138 valence electrons. The van der Waals surface area contributed by atoms with Gasteiger partial charge >= 0.3 is 0 Å². The molecule has 27 heavy (non-hydrogen) atoms. The van der Waals surface area contributed by atoms with Crippen molar-refractivity contribution in [3.8, 4) is 0 Å². The number of rotatable bonds is 5. The van der Waals surface area contributed by atoms with Crippen LogP contribution in [-0.4, -0.2) is 15.7 Å². The highest BCUT2D eigenvalue weighted by Gasteiger charge is 2.30. The Hall–Kier alpha value is -2.79. The van der Waals surface area contributed by atoms with Gasteiger partial charge in [0.1, 0.15) is 11.4 Å². The van der Waals surface area contributed by atoms with Crippen molar-refractivity contribution < 1.29 is 4.79 Å². The number of anilines is 1. The maximum absolute atomic E-state index is 12.9. The molecule has 0 fully saturated rings. The molecule has 2 heterocycles. The minimum Gasteiger partial charge on any atom is -0.361 e. The Bertz CT molecular complexity index is 968. The van der Waals surface area contributed by atoms with Gasteiger partial charge in [-0.1, -0.05) is 61.0 Å². The van der Waals surface area contributed by atoms with Crippen molar-refractivity contribution in [3.05, 3.63) is 82.0 Å². The topological polar surface area (TPSA) is 59.0 Å². The zero-order valence-corrected chi connectivity index (χ0v) is 15.8. The maximum atomic E-state index is 12.9. The van der Waals surface area contributed by atoms with Crippen LogP contribution in [0.4, 0.5) is 5.82 Å². The molecular weight excluding hydrogens is 360 g/mol. The molecule has 0 saturated heterocycles. The summed E-state index contributed by atoms with van der Waals surface area (Å²) in [4.78, 5) is 12.9. The fourth-order valence-corrected chi connectivity index (χ4v) is 3.66. The third-order valence-corrected chi connectivity index (χ3v) is 5.03. The molecule has 4 rings (SSSR count). The molecule has 0 spiro atoms. The van der Waals surface area contributed by atoms with E-state index in [0.29, 0.717) is 30.1 Å².